The lowest BCUT2D eigenvalue weighted by molar-refractivity contribution is -0.168. The highest BCUT2D eigenvalue weighted by molar-refractivity contribution is 5.98. The number of carbonyl (C=O) groups is 3. The van der Waals surface area contributed by atoms with Gasteiger partial charge in [-0.25, -0.2) is 0 Å². The van der Waals surface area contributed by atoms with Crippen molar-refractivity contribution in [3.63, 3.8) is 0 Å². The first-order valence-electron chi connectivity index (χ1n) is 13.7. The number of Topliss-reactive ketones (excluding diaryl/α,β-unsaturated/α-hetero) is 1. The number of rotatable bonds is 5. The predicted octanol–water partition coefficient (Wildman–Crippen LogP) is 3.81. The van der Waals surface area contributed by atoms with Gasteiger partial charge >= 0.3 is 5.97 Å². The summed E-state index contributed by atoms with van der Waals surface area (Å²) in [5.74, 6) is -2.80. The molecule has 0 aromatic heterocycles. The second-order valence-corrected chi connectivity index (χ2v) is 13.4. The van der Waals surface area contributed by atoms with Crippen LogP contribution in [-0.4, -0.2) is 55.3 Å². The van der Waals surface area contributed by atoms with Crippen molar-refractivity contribution >= 4 is 17.5 Å². The van der Waals surface area contributed by atoms with Crippen LogP contribution in [-0.2, 0) is 31.0 Å². The van der Waals surface area contributed by atoms with Gasteiger partial charge in [0, 0.05) is 19.3 Å². The zero-order valence-corrected chi connectivity index (χ0v) is 24.2. The maximum absolute atomic E-state index is 14.2. The lowest BCUT2D eigenvalue weighted by Crippen LogP contribution is -2.63. The average molecular weight is 543 g/mol. The third-order valence-corrected chi connectivity index (χ3v) is 10.6. The number of fused-ring (bicyclic) bond motifs is 5. The standard InChI is InChI=1S/C31H42O8/c1-16-18-9-10-22-28(5)14-21(34)26(31(8,38)23(35)11-12-27(3,4)39-17(2)32)29(28,6)15-24(36)30(22,7)19(18)13-20(33)25(16)37/h11-13,21-22,26,33-34,37-38H,9-10,14-15H2,1-8H3. The summed E-state index contributed by atoms with van der Waals surface area (Å²) in [6.07, 6.45) is 3.12. The molecule has 8 heteroatoms. The number of esters is 1. The molecule has 2 saturated carbocycles. The number of phenolic OH excluding ortho intramolecular Hbond substituents is 2. The summed E-state index contributed by atoms with van der Waals surface area (Å²) in [6, 6.07) is 1.51. The molecule has 0 heterocycles. The van der Waals surface area contributed by atoms with Gasteiger partial charge < -0.3 is 25.2 Å². The van der Waals surface area contributed by atoms with E-state index in [1.165, 1.54) is 32.1 Å². The molecule has 0 spiro atoms. The third-order valence-electron chi connectivity index (χ3n) is 10.6. The van der Waals surface area contributed by atoms with E-state index in [-0.39, 0.29) is 29.6 Å². The summed E-state index contributed by atoms with van der Waals surface area (Å²) in [5.41, 5.74) is -3.41. The van der Waals surface area contributed by atoms with E-state index >= 15 is 0 Å². The molecule has 4 N–H and O–H groups in total. The van der Waals surface area contributed by atoms with E-state index in [0.717, 1.165) is 5.56 Å². The summed E-state index contributed by atoms with van der Waals surface area (Å²) < 4.78 is 5.22. The van der Waals surface area contributed by atoms with Gasteiger partial charge in [-0.3, -0.25) is 14.4 Å². The zero-order valence-electron chi connectivity index (χ0n) is 24.2. The summed E-state index contributed by atoms with van der Waals surface area (Å²) in [7, 11) is 0. The minimum Gasteiger partial charge on any atom is -0.504 e. The SMILES string of the molecule is CC(=O)OC(C)(C)C=CC(=O)C(C)(O)C1C(O)CC2(C)C3CCc4c(cc(O)c(O)c4C)C3(C)C(=O)CC12C. The Labute approximate surface area is 230 Å². The Bertz CT molecular complexity index is 1280. The van der Waals surface area contributed by atoms with Gasteiger partial charge in [0.15, 0.2) is 17.3 Å². The molecule has 4 rings (SSSR count). The van der Waals surface area contributed by atoms with Crippen LogP contribution in [0.2, 0.25) is 0 Å². The lowest BCUT2D eigenvalue weighted by atomic mass is 9.41. The highest BCUT2D eigenvalue weighted by Crippen LogP contribution is 2.72. The lowest BCUT2D eigenvalue weighted by Gasteiger charge is -2.61. The van der Waals surface area contributed by atoms with Crippen molar-refractivity contribution in [1.29, 1.82) is 0 Å². The first-order chi connectivity index (χ1) is 17.7. The van der Waals surface area contributed by atoms with Crippen molar-refractivity contribution in [1.82, 2.24) is 0 Å². The number of ketones is 2. The fraction of sp³-hybridized carbons (Fsp3) is 0.645. The number of hydrogen-bond donors (Lipinski definition) is 4. The minimum atomic E-state index is -1.99. The third kappa shape index (κ3) is 4.05. The van der Waals surface area contributed by atoms with Crippen LogP contribution < -0.4 is 0 Å². The molecule has 2 fully saturated rings. The summed E-state index contributed by atoms with van der Waals surface area (Å²) in [6.45, 7) is 13.5. The highest BCUT2D eigenvalue weighted by atomic mass is 16.6. The molecule has 7 atom stereocenters. The van der Waals surface area contributed by atoms with E-state index < -0.39 is 51.2 Å². The zero-order chi connectivity index (χ0) is 29.5. The van der Waals surface area contributed by atoms with E-state index in [9.17, 15) is 34.8 Å². The van der Waals surface area contributed by atoms with E-state index in [1.807, 2.05) is 20.8 Å². The van der Waals surface area contributed by atoms with Crippen LogP contribution in [0.3, 0.4) is 0 Å². The summed E-state index contributed by atoms with van der Waals surface area (Å²) in [5, 5.41) is 44.0. The monoisotopic (exact) mass is 542 g/mol. The Balaban J connectivity index is 1.76. The number of ether oxygens (including phenoxy) is 1. The number of benzene rings is 1. The summed E-state index contributed by atoms with van der Waals surface area (Å²) in [4.78, 5) is 39.0. The van der Waals surface area contributed by atoms with Gasteiger partial charge in [-0.05, 0) is 106 Å². The first-order valence-corrected chi connectivity index (χ1v) is 13.7. The van der Waals surface area contributed by atoms with E-state index in [2.05, 4.69) is 0 Å². The number of carbonyl (C=O) groups excluding carboxylic acids is 3. The van der Waals surface area contributed by atoms with Crippen molar-refractivity contribution in [2.45, 2.75) is 104 Å². The van der Waals surface area contributed by atoms with Gasteiger partial charge in [-0.2, -0.15) is 0 Å². The van der Waals surface area contributed by atoms with Crippen LogP contribution in [0.4, 0.5) is 0 Å². The molecule has 0 saturated heterocycles. The fourth-order valence-electron chi connectivity index (χ4n) is 8.61. The van der Waals surface area contributed by atoms with Crippen molar-refractivity contribution < 1.29 is 39.5 Å². The molecular formula is C31H42O8. The molecule has 1 aromatic carbocycles. The molecule has 3 aliphatic rings. The van der Waals surface area contributed by atoms with Gasteiger partial charge in [-0.15, -0.1) is 0 Å². The first kappa shape index (κ1) is 29.3. The van der Waals surface area contributed by atoms with Crippen molar-refractivity contribution in [2.75, 3.05) is 0 Å². The van der Waals surface area contributed by atoms with Gasteiger partial charge in [0.25, 0.3) is 0 Å². The Morgan fingerprint density at radius 1 is 1.13 bits per heavy atom. The van der Waals surface area contributed by atoms with Crippen LogP contribution in [0, 0.1) is 29.6 Å². The Morgan fingerprint density at radius 3 is 2.33 bits per heavy atom. The molecule has 0 bridgehead atoms. The Kier molecular flexibility index (Phi) is 6.68. The van der Waals surface area contributed by atoms with E-state index in [4.69, 9.17) is 4.74 Å². The highest BCUT2D eigenvalue weighted by Gasteiger charge is 2.73. The van der Waals surface area contributed by atoms with Gasteiger partial charge in [0.05, 0.1) is 11.5 Å². The second kappa shape index (κ2) is 8.90. The van der Waals surface area contributed by atoms with Gasteiger partial charge in [-0.1, -0.05) is 13.8 Å². The number of aliphatic hydroxyl groups is 2. The molecule has 8 nitrogen and oxygen atoms in total. The maximum Gasteiger partial charge on any atom is 0.303 e. The minimum absolute atomic E-state index is 0.0322. The predicted molar refractivity (Wildman–Crippen MR) is 144 cm³/mol. The van der Waals surface area contributed by atoms with Crippen LogP contribution >= 0.6 is 0 Å². The van der Waals surface area contributed by atoms with Crippen LogP contribution in [0.15, 0.2) is 18.2 Å². The molecule has 1 aromatic rings. The largest absolute Gasteiger partial charge is 0.504 e. The van der Waals surface area contributed by atoms with Gasteiger partial charge in [0.2, 0.25) is 0 Å². The quantitative estimate of drug-likeness (QED) is 0.250. The number of aromatic hydroxyl groups is 2. The van der Waals surface area contributed by atoms with Crippen LogP contribution in [0.25, 0.3) is 0 Å². The average Bonchev–Trinajstić information content (AvgIpc) is 3.00. The molecule has 0 radical (unpaired) electrons. The van der Waals surface area contributed by atoms with Crippen molar-refractivity contribution in [3.05, 3.63) is 34.9 Å². The Hall–Kier alpha value is -2.71. The topological polar surface area (TPSA) is 141 Å². The molecule has 3 aliphatic carbocycles. The van der Waals surface area contributed by atoms with Gasteiger partial charge in [0.1, 0.15) is 17.0 Å². The van der Waals surface area contributed by atoms with E-state index in [1.54, 1.807) is 20.8 Å². The Morgan fingerprint density at radius 2 is 1.74 bits per heavy atom. The molecular weight excluding hydrogens is 500 g/mol. The van der Waals surface area contributed by atoms with Crippen LogP contribution in [0.1, 0.15) is 84.4 Å². The number of aliphatic hydroxyl groups excluding tert-OH is 1. The molecule has 7 unspecified atom stereocenters. The number of hydrogen-bond acceptors (Lipinski definition) is 8. The maximum atomic E-state index is 14.2. The van der Waals surface area contributed by atoms with Crippen LogP contribution in [0.5, 0.6) is 11.5 Å². The summed E-state index contributed by atoms with van der Waals surface area (Å²) >= 11 is 0. The molecule has 0 amide bonds. The van der Waals surface area contributed by atoms with E-state index in [0.29, 0.717) is 30.4 Å². The fourth-order valence-corrected chi connectivity index (χ4v) is 8.61. The van der Waals surface area contributed by atoms with Crippen molar-refractivity contribution in [2.24, 2.45) is 22.7 Å². The van der Waals surface area contributed by atoms with Crippen molar-refractivity contribution in [3.8, 4) is 11.5 Å². The smallest absolute Gasteiger partial charge is 0.303 e. The number of phenols is 2. The second-order valence-electron chi connectivity index (χ2n) is 13.4. The normalized spacial score (nSPS) is 35.6. The molecule has 39 heavy (non-hydrogen) atoms. The molecule has 0 aliphatic heterocycles. The molecule has 214 valence electrons.